The van der Waals surface area contributed by atoms with Gasteiger partial charge in [0, 0.05) is 17.1 Å². The summed E-state index contributed by atoms with van der Waals surface area (Å²) >= 11 is 0. The Hall–Kier alpha value is -2.88. The van der Waals surface area contributed by atoms with Gasteiger partial charge < -0.3 is 10.4 Å². The molecule has 0 unspecified atom stereocenters. The Labute approximate surface area is 115 Å². The molecule has 98 valence electrons. The number of rotatable bonds is 2. The number of nitrogens with zero attached hydrogens (tertiary/aromatic N) is 1. The topological polar surface area (TPSA) is 62.2 Å². The monoisotopic (exact) mass is 264 g/mol. The second-order valence-electron chi connectivity index (χ2n) is 4.39. The van der Waals surface area contributed by atoms with Crippen LogP contribution in [0.25, 0.3) is 10.9 Å². The van der Waals surface area contributed by atoms with E-state index >= 15 is 0 Å². The fourth-order valence-corrected chi connectivity index (χ4v) is 2.05. The summed E-state index contributed by atoms with van der Waals surface area (Å²) in [6, 6.07) is 15.6. The molecule has 2 aromatic carbocycles. The minimum absolute atomic E-state index is 0.0636. The third kappa shape index (κ3) is 2.31. The predicted molar refractivity (Wildman–Crippen MR) is 77.8 cm³/mol. The molecular formula is C16H12N2O2. The standard InChI is InChI=1S/C16H12N2O2/c19-13-7-1-5-12(10-13)16(20)18-14-8-2-4-11-6-3-9-17-15(11)14/h1-10,19H,(H,18,20). The Bertz CT molecular complexity index is 779. The molecular weight excluding hydrogens is 252 g/mol. The van der Waals surface area contributed by atoms with E-state index in [0.29, 0.717) is 11.3 Å². The van der Waals surface area contributed by atoms with Gasteiger partial charge in [0.05, 0.1) is 11.2 Å². The number of pyridine rings is 1. The molecule has 1 amide bonds. The third-order valence-electron chi connectivity index (χ3n) is 2.99. The average molecular weight is 264 g/mol. The smallest absolute Gasteiger partial charge is 0.255 e. The van der Waals surface area contributed by atoms with Gasteiger partial charge in [-0.15, -0.1) is 0 Å². The molecule has 0 aliphatic heterocycles. The molecule has 20 heavy (non-hydrogen) atoms. The summed E-state index contributed by atoms with van der Waals surface area (Å²) in [5.41, 5.74) is 1.79. The van der Waals surface area contributed by atoms with E-state index < -0.39 is 0 Å². The molecule has 0 atom stereocenters. The summed E-state index contributed by atoms with van der Waals surface area (Å²) in [4.78, 5) is 16.4. The van der Waals surface area contributed by atoms with Crippen LogP contribution in [0, 0.1) is 0 Å². The highest BCUT2D eigenvalue weighted by Crippen LogP contribution is 2.21. The van der Waals surface area contributed by atoms with E-state index in [0.717, 1.165) is 10.9 Å². The number of phenolic OH excluding ortho intramolecular Hbond substituents is 1. The van der Waals surface area contributed by atoms with Crippen molar-refractivity contribution in [3.05, 3.63) is 66.4 Å². The molecule has 1 heterocycles. The molecule has 0 saturated carbocycles. The van der Waals surface area contributed by atoms with Crippen LogP contribution in [-0.2, 0) is 0 Å². The van der Waals surface area contributed by atoms with Crippen LogP contribution >= 0.6 is 0 Å². The van der Waals surface area contributed by atoms with Gasteiger partial charge in [0.15, 0.2) is 0 Å². The number of aromatic nitrogens is 1. The maximum Gasteiger partial charge on any atom is 0.255 e. The highest BCUT2D eigenvalue weighted by atomic mass is 16.3. The number of carbonyl (C=O) groups excluding carboxylic acids is 1. The van der Waals surface area contributed by atoms with E-state index in [1.165, 1.54) is 12.1 Å². The normalized spacial score (nSPS) is 10.4. The van der Waals surface area contributed by atoms with Crippen LogP contribution in [0.3, 0.4) is 0 Å². The van der Waals surface area contributed by atoms with Crippen LogP contribution in [0.4, 0.5) is 5.69 Å². The first-order chi connectivity index (χ1) is 9.74. The Morgan fingerprint density at radius 1 is 1.05 bits per heavy atom. The average Bonchev–Trinajstić information content (AvgIpc) is 2.47. The van der Waals surface area contributed by atoms with Crippen molar-refractivity contribution in [2.45, 2.75) is 0 Å². The second-order valence-corrected chi connectivity index (χ2v) is 4.39. The van der Waals surface area contributed by atoms with E-state index in [1.54, 1.807) is 24.4 Å². The number of fused-ring (bicyclic) bond motifs is 1. The van der Waals surface area contributed by atoms with Crippen molar-refractivity contribution < 1.29 is 9.90 Å². The SMILES string of the molecule is O=C(Nc1cccc2cccnc12)c1cccc(O)c1. The predicted octanol–water partition coefficient (Wildman–Crippen LogP) is 3.19. The lowest BCUT2D eigenvalue weighted by atomic mass is 10.1. The summed E-state index contributed by atoms with van der Waals surface area (Å²) in [5.74, 6) is -0.215. The first-order valence-electron chi connectivity index (χ1n) is 6.18. The van der Waals surface area contributed by atoms with Crippen molar-refractivity contribution in [1.82, 2.24) is 4.98 Å². The summed E-state index contributed by atoms with van der Waals surface area (Å²) in [5, 5.41) is 13.2. The van der Waals surface area contributed by atoms with Crippen molar-refractivity contribution in [1.29, 1.82) is 0 Å². The summed E-state index contributed by atoms with van der Waals surface area (Å²) in [6.07, 6.45) is 1.69. The quantitative estimate of drug-likeness (QED) is 0.747. The number of carbonyl (C=O) groups is 1. The summed E-state index contributed by atoms with van der Waals surface area (Å²) in [6.45, 7) is 0. The molecule has 3 rings (SSSR count). The number of phenols is 1. The number of nitrogens with one attached hydrogen (secondary N) is 1. The first-order valence-corrected chi connectivity index (χ1v) is 6.18. The van der Waals surface area contributed by atoms with Gasteiger partial charge in [-0.05, 0) is 30.3 Å². The fourth-order valence-electron chi connectivity index (χ4n) is 2.05. The largest absolute Gasteiger partial charge is 0.508 e. The number of para-hydroxylation sites is 1. The molecule has 0 fully saturated rings. The highest BCUT2D eigenvalue weighted by molar-refractivity contribution is 6.08. The fraction of sp³-hybridized carbons (Fsp3) is 0. The Kier molecular flexibility index (Phi) is 3.05. The van der Waals surface area contributed by atoms with Crippen molar-refractivity contribution in [2.24, 2.45) is 0 Å². The Balaban J connectivity index is 1.95. The van der Waals surface area contributed by atoms with Gasteiger partial charge in [-0.3, -0.25) is 9.78 Å². The van der Waals surface area contributed by atoms with Crippen LogP contribution in [0.1, 0.15) is 10.4 Å². The zero-order valence-corrected chi connectivity index (χ0v) is 10.6. The molecule has 0 bridgehead atoms. The number of amides is 1. The first kappa shape index (κ1) is 12.2. The lowest BCUT2D eigenvalue weighted by molar-refractivity contribution is 0.102. The van der Waals surface area contributed by atoms with Crippen LogP contribution in [0.2, 0.25) is 0 Å². The number of benzene rings is 2. The lowest BCUT2D eigenvalue weighted by Gasteiger charge is -2.08. The highest BCUT2D eigenvalue weighted by Gasteiger charge is 2.09. The number of hydrogen-bond acceptors (Lipinski definition) is 3. The minimum atomic E-state index is -0.279. The Morgan fingerprint density at radius 3 is 2.70 bits per heavy atom. The summed E-state index contributed by atoms with van der Waals surface area (Å²) in [7, 11) is 0. The Morgan fingerprint density at radius 2 is 1.85 bits per heavy atom. The second kappa shape index (κ2) is 5.01. The maximum atomic E-state index is 12.2. The van der Waals surface area contributed by atoms with E-state index in [9.17, 15) is 9.90 Å². The van der Waals surface area contributed by atoms with E-state index in [2.05, 4.69) is 10.3 Å². The molecule has 0 aliphatic carbocycles. The van der Waals surface area contributed by atoms with E-state index in [-0.39, 0.29) is 11.7 Å². The van der Waals surface area contributed by atoms with Crippen molar-refractivity contribution >= 4 is 22.5 Å². The molecule has 1 aromatic heterocycles. The lowest BCUT2D eigenvalue weighted by Crippen LogP contribution is -2.12. The molecule has 0 spiro atoms. The van der Waals surface area contributed by atoms with Gasteiger partial charge in [-0.2, -0.15) is 0 Å². The summed E-state index contributed by atoms with van der Waals surface area (Å²) < 4.78 is 0. The molecule has 0 radical (unpaired) electrons. The van der Waals surface area contributed by atoms with Gasteiger partial charge in [0.25, 0.3) is 5.91 Å². The van der Waals surface area contributed by atoms with Gasteiger partial charge in [-0.1, -0.05) is 24.3 Å². The van der Waals surface area contributed by atoms with Gasteiger partial charge in [0.1, 0.15) is 5.75 Å². The van der Waals surface area contributed by atoms with Crippen LogP contribution < -0.4 is 5.32 Å². The number of hydrogen-bond donors (Lipinski definition) is 2. The zero-order valence-electron chi connectivity index (χ0n) is 10.6. The third-order valence-corrected chi connectivity index (χ3v) is 2.99. The number of anilines is 1. The van der Waals surface area contributed by atoms with E-state index in [4.69, 9.17) is 0 Å². The molecule has 0 aliphatic rings. The number of aromatic hydroxyl groups is 1. The van der Waals surface area contributed by atoms with Crippen LogP contribution in [0.15, 0.2) is 60.8 Å². The van der Waals surface area contributed by atoms with E-state index in [1.807, 2.05) is 24.3 Å². The van der Waals surface area contributed by atoms with Crippen molar-refractivity contribution in [3.8, 4) is 5.75 Å². The van der Waals surface area contributed by atoms with Crippen molar-refractivity contribution in [3.63, 3.8) is 0 Å². The van der Waals surface area contributed by atoms with Gasteiger partial charge >= 0.3 is 0 Å². The molecule has 4 heteroatoms. The zero-order chi connectivity index (χ0) is 13.9. The van der Waals surface area contributed by atoms with Crippen molar-refractivity contribution in [2.75, 3.05) is 5.32 Å². The van der Waals surface area contributed by atoms with Crippen LogP contribution in [0.5, 0.6) is 5.75 Å². The molecule has 4 nitrogen and oxygen atoms in total. The van der Waals surface area contributed by atoms with Gasteiger partial charge in [0.2, 0.25) is 0 Å². The van der Waals surface area contributed by atoms with Gasteiger partial charge in [-0.25, -0.2) is 0 Å². The minimum Gasteiger partial charge on any atom is -0.508 e. The molecule has 3 aromatic rings. The van der Waals surface area contributed by atoms with Crippen LogP contribution in [-0.4, -0.2) is 16.0 Å². The molecule has 0 saturated heterocycles. The molecule has 2 N–H and O–H groups in total. The maximum absolute atomic E-state index is 12.2.